The van der Waals surface area contributed by atoms with Gasteiger partial charge in [-0.25, -0.2) is 4.79 Å². The molecule has 0 aliphatic rings. The number of unbranched alkanes of at least 4 members (excludes halogenated alkanes) is 9. The molecule has 0 saturated heterocycles. The van der Waals surface area contributed by atoms with Gasteiger partial charge in [-0.05, 0) is 25.0 Å². The Bertz CT molecular complexity index is 758. The number of carbonyl (C=O) groups excluding carboxylic acids is 1. The normalized spacial score (nSPS) is 10.2. The van der Waals surface area contributed by atoms with Crippen molar-refractivity contribution in [2.24, 2.45) is 0 Å². The fourth-order valence-electron chi connectivity index (χ4n) is 3.19. The molecule has 0 saturated carbocycles. The quantitative estimate of drug-likeness (QED) is 0.193. The third kappa shape index (κ3) is 12.4. The molecule has 1 rings (SSSR count). The molecule has 7 nitrogen and oxygen atoms in total. The summed E-state index contributed by atoms with van der Waals surface area (Å²) in [6.07, 6.45) is 13.8. The summed E-state index contributed by atoms with van der Waals surface area (Å²) in [4.78, 5) is 11.9. The van der Waals surface area contributed by atoms with Gasteiger partial charge < -0.3 is 10.1 Å². The largest absolute Gasteiger partial charge is 0.381 e. The zero-order chi connectivity index (χ0) is 23.4. The molecule has 0 spiro atoms. The Morgan fingerprint density at radius 2 is 1.47 bits per heavy atom. The van der Waals surface area contributed by atoms with Crippen molar-refractivity contribution in [3.05, 3.63) is 28.3 Å². The van der Waals surface area contributed by atoms with E-state index < -0.39 is 6.03 Å². The van der Waals surface area contributed by atoms with Gasteiger partial charge in [-0.3, -0.25) is 10.9 Å². The van der Waals surface area contributed by atoms with E-state index in [0.717, 1.165) is 19.4 Å². The molecule has 1 aromatic carbocycles. The highest BCUT2D eigenvalue weighted by atomic mass is 35.5. The topological polar surface area (TPSA) is 110 Å². The van der Waals surface area contributed by atoms with Crippen LogP contribution in [0.4, 0.5) is 10.5 Å². The monoisotopic (exact) mass is 461 g/mol. The number of rotatable bonds is 17. The highest BCUT2D eigenvalue weighted by Crippen LogP contribution is 2.25. The fourth-order valence-corrected chi connectivity index (χ4v) is 3.40. The maximum atomic E-state index is 11.9. The molecule has 3 N–H and O–H groups in total. The summed E-state index contributed by atoms with van der Waals surface area (Å²) in [6, 6.07) is 6.21. The number of halogens is 1. The lowest BCUT2D eigenvalue weighted by atomic mass is 10.1. The van der Waals surface area contributed by atoms with Crippen LogP contribution in [0.1, 0.15) is 88.7 Å². The minimum Gasteiger partial charge on any atom is -0.381 e. The molecule has 176 valence electrons. The number of hydrogen-bond acceptors (Lipinski definition) is 5. The predicted molar refractivity (Wildman–Crippen MR) is 128 cm³/mol. The average Bonchev–Trinajstić information content (AvgIpc) is 2.80. The van der Waals surface area contributed by atoms with Crippen LogP contribution in [0.15, 0.2) is 12.1 Å². The second-order valence-corrected chi connectivity index (χ2v) is 8.16. The van der Waals surface area contributed by atoms with Gasteiger partial charge in [0.25, 0.3) is 0 Å². The highest BCUT2D eigenvalue weighted by Gasteiger charge is 2.09. The molecule has 0 fully saturated rings. The molecule has 0 aliphatic heterocycles. The Hall–Kier alpha value is -2.48. The van der Waals surface area contributed by atoms with Crippen LogP contribution in [0, 0.1) is 22.7 Å². The van der Waals surface area contributed by atoms with Gasteiger partial charge in [0, 0.05) is 19.8 Å². The van der Waals surface area contributed by atoms with Crippen molar-refractivity contribution in [2.45, 2.75) is 77.6 Å². The van der Waals surface area contributed by atoms with E-state index in [4.69, 9.17) is 26.9 Å². The third-order valence-electron chi connectivity index (χ3n) is 5.05. The number of nitrogens with zero attached hydrogens (tertiary/aromatic N) is 2. The summed E-state index contributed by atoms with van der Waals surface area (Å²) in [5.41, 5.74) is 5.83. The molecule has 0 aromatic heterocycles. The summed E-state index contributed by atoms with van der Waals surface area (Å²) < 4.78 is 5.62. The van der Waals surface area contributed by atoms with Crippen LogP contribution in [-0.2, 0) is 4.74 Å². The van der Waals surface area contributed by atoms with E-state index in [1.165, 1.54) is 69.9 Å². The first-order valence-corrected chi connectivity index (χ1v) is 12.0. The number of hydrazine groups is 1. The van der Waals surface area contributed by atoms with Crippen molar-refractivity contribution in [1.29, 1.82) is 10.5 Å². The minimum absolute atomic E-state index is 0.182. The number of carbonyl (C=O) groups is 1. The number of nitriles is 2. The number of benzene rings is 1. The van der Waals surface area contributed by atoms with Gasteiger partial charge >= 0.3 is 6.03 Å². The number of amides is 2. The van der Waals surface area contributed by atoms with Crippen molar-refractivity contribution >= 4 is 23.3 Å². The minimum atomic E-state index is -0.418. The van der Waals surface area contributed by atoms with Gasteiger partial charge in [0.05, 0.1) is 21.8 Å². The van der Waals surface area contributed by atoms with Crippen molar-refractivity contribution in [2.75, 3.05) is 25.2 Å². The highest BCUT2D eigenvalue weighted by molar-refractivity contribution is 6.33. The predicted octanol–water partition coefficient (Wildman–Crippen LogP) is 6.04. The van der Waals surface area contributed by atoms with Crippen molar-refractivity contribution in [1.82, 2.24) is 10.7 Å². The summed E-state index contributed by atoms with van der Waals surface area (Å²) in [6.45, 7) is 4.11. The SMILES string of the molecule is CCCCCCCCCCCCOCCCNC(=O)NNc1cc(C#N)c(C#N)cc1Cl. The van der Waals surface area contributed by atoms with Crippen molar-refractivity contribution in [3.63, 3.8) is 0 Å². The number of ether oxygens (including phenoxy) is 1. The molecular weight excluding hydrogens is 426 g/mol. The lowest BCUT2D eigenvalue weighted by molar-refractivity contribution is 0.127. The van der Waals surface area contributed by atoms with Gasteiger partial charge in [0.1, 0.15) is 12.1 Å². The Morgan fingerprint density at radius 3 is 2.09 bits per heavy atom. The second kappa shape index (κ2) is 18.1. The summed E-state index contributed by atoms with van der Waals surface area (Å²) in [7, 11) is 0. The van der Waals surface area contributed by atoms with Crippen LogP contribution in [0.3, 0.4) is 0 Å². The third-order valence-corrected chi connectivity index (χ3v) is 5.36. The van der Waals surface area contributed by atoms with E-state index in [9.17, 15) is 4.79 Å². The van der Waals surface area contributed by atoms with Crippen molar-refractivity contribution < 1.29 is 9.53 Å². The Kier molecular flexibility index (Phi) is 15.6. The Labute approximate surface area is 197 Å². The van der Waals surface area contributed by atoms with Gasteiger partial charge in [0.15, 0.2) is 0 Å². The zero-order valence-corrected chi connectivity index (χ0v) is 19.9. The first-order valence-electron chi connectivity index (χ1n) is 11.6. The summed E-state index contributed by atoms with van der Waals surface area (Å²) in [5, 5.41) is 21.0. The van der Waals surface area contributed by atoms with Gasteiger partial charge in [-0.2, -0.15) is 10.5 Å². The smallest absolute Gasteiger partial charge is 0.333 e. The van der Waals surface area contributed by atoms with Crippen LogP contribution in [-0.4, -0.2) is 25.8 Å². The van der Waals surface area contributed by atoms with E-state index >= 15 is 0 Å². The van der Waals surface area contributed by atoms with Crippen LogP contribution in [0.25, 0.3) is 0 Å². The molecule has 0 unspecified atom stereocenters. The lowest BCUT2D eigenvalue weighted by Crippen LogP contribution is -2.39. The van der Waals surface area contributed by atoms with E-state index in [0.29, 0.717) is 18.8 Å². The van der Waals surface area contributed by atoms with Crippen LogP contribution < -0.4 is 16.2 Å². The number of urea groups is 1. The summed E-state index contributed by atoms with van der Waals surface area (Å²) >= 11 is 6.06. The standard InChI is InChI=1S/C24H36ClN5O2/c1-2-3-4-5-6-7-8-9-10-11-14-32-15-12-13-28-24(31)30-29-23-17-21(19-27)20(18-26)16-22(23)25/h16-17,29H,2-15H2,1H3,(H2,28,30,31). The van der Waals surface area contributed by atoms with Gasteiger partial charge in [-0.1, -0.05) is 76.3 Å². The molecule has 0 bridgehead atoms. The average molecular weight is 462 g/mol. The molecule has 32 heavy (non-hydrogen) atoms. The Morgan fingerprint density at radius 1 is 0.906 bits per heavy atom. The molecule has 0 heterocycles. The molecule has 0 atom stereocenters. The van der Waals surface area contributed by atoms with Gasteiger partial charge in [-0.15, -0.1) is 0 Å². The van der Waals surface area contributed by atoms with Crippen LogP contribution in [0.5, 0.6) is 0 Å². The van der Waals surface area contributed by atoms with Crippen LogP contribution in [0.2, 0.25) is 5.02 Å². The fraction of sp³-hybridized carbons (Fsp3) is 0.625. The number of nitrogens with one attached hydrogen (secondary N) is 3. The van der Waals surface area contributed by atoms with Gasteiger partial charge in [0.2, 0.25) is 0 Å². The first kappa shape index (κ1) is 27.6. The van der Waals surface area contributed by atoms with Crippen LogP contribution >= 0.6 is 11.6 Å². The van der Waals surface area contributed by atoms with E-state index in [2.05, 4.69) is 23.1 Å². The molecular formula is C24H36ClN5O2. The van der Waals surface area contributed by atoms with E-state index in [1.54, 1.807) is 0 Å². The molecule has 0 radical (unpaired) electrons. The second-order valence-electron chi connectivity index (χ2n) is 7.76. The number of anilines is 1. The maximum Gasteiger partial charge on any atom is 0.333 e. The number of hydrogen-bond donors (Lipinski definition) is 3. The Balaban J connectivity index is 1.99. The van der Waals surface area contributed by atoms with Crippen molar-refractivity contribution in [3.8, 4) is 12.1 Å². The van der Waals surface area contributed by atoms with E-state index in [1.807, 2.05) is 12.1 Å². The first-order chi connectivity index (χ1) is 15.6. The molecule has 1 aromatic rings. The maximum absolute atomic E-state index is 11.9. The lowest BCUT2D eigenvalue weighted by Gasteiger charge is -2.12. The molecule has 2 amide bonds. The zero-order valence-electron chi connectivity index (χ0n) is 19.1. The molecule has 8 heteroatoms. The molecule has 0 aliphatic carbocycles. The summed E-state index contributed by atoms with van der Waals surface area (Å²) in [5.74, 6) is 0. The van der Waals surface area contributed by atoms with E-state index in [-0.39, 0.29) is 16.1 Å².